The molecule has 29 heavy (non-hydrogen) atoms. The molecule has 2 aromatic carbocycles. The Balaban J connectivity index is 2.55. The first-order valence-electron chi connectivity index (χ1n) is 9.80. The number of phenolic OH excluding ortho intramolecular Hbond substituents is 3. The molecule has 158 valence electrons. The third-order valence-electron chi connectivity index (χ3n) is 4.56. The van der Waals surface area contributed by atoms with Crippen LogP contribution in [0.3, 0.4) is 0 Å². The molecule has 0 spiro atoms. The van der Waals surface area contributed by atoms with Gasteiger partial charge in [-0.25, -0.2) is 0 Å². The molecular weight excluding hydrogens is 370 g/mol. The monoisotopic (exact) mass is 401 g/mol. The summed E-state index contributed by atoms with van der Waals surface area (Å²) in [6, 6.07) is 7.98. The maximum Gasteiger partial charge on any atom is 0.163 e. The van der Waals surface area contributed by atoms with Crippen molar-refractivity contribution in [1.29, 1.82) is 0 Å². The van der Waals surface area contributed by atoms with E-state index in [9.17, 15) is 15.3 Å². The van der Waals surface area contributed by atoms with Gasteiger partial charge in [-0.15, -0.1) is 0 Å². The van der Waals surface area contributed by atoms with Gasteiger partial charge in [0.05, 0.1) is 12.2 Å². The number of hydrazone groups is 1. The van der Waals surface area contributed by atoms with Crippen molar-refractivity contribution in [1.82, 2.24) is 0 Å². The van der Waals surface area contributed by atoms with Crippen LogP contribution in [0.5, 0.6) is 23.0 Å². The molecule has 0 amide bonds. The van der Waals surface area contributed by atoms with E-state index >= 15 is 0 Å². The highest BCUT2D eigenvalue weighted by Gasteiger charge is 2.24. The Morgan fingerprint density at radius 1 is 1.03 bits per heavy atom. The predicted molar refractivity (Wildman–Crippen MR) is 116 cm³/mol. The Bertz CT molecular complexity index is 879. The van der Waals surface area contributed by atoms with Gasteiger partial charge in [0.2, 0.25) is 0 Å². The third-order valence-corrected chi connectivity index (χ3v) is 4.56. The fourth-order valence-electron chi connectivity index (χ4n) is 3.15. The minimum atomic E-state index is -0.131. The molecule has 0 fully saturated rings. The quantitative estimate of drug-likeness (QED) is 0.239. The summed E-state index contributed by atoms with van der Waals surface area (Å²) in [5.74, 6) is 6.39. The smallest absolute Gasteiger partial charge is 0.163 e. The molecule has 0 bridgehead atoms. The van der Waals surface area contributed by atoms with E-state index in [1.165, 1.54) is 6.07 Å². The van der Waals surface area contributed by atoms with E-state index < -0.39 is 0 Å². The summed E-state index contributed by atoms with van der Waals surface area (Å²) < 4.78 is 5.54. The zero-order valence-electron chi connectivity index (χ0n) is 17.7. The number of rotatable bonds is 7. The number of amidine groups is 1. The van der Waals surface area contributed by atoms with E-state index in [1.54, 1.807) is 29.2 Å². The average molecular weight is 402 g/mol. The Morgan fingerprint density at radius 2 is 1.72 bits per heavy atom. The summed E-state index contributed by atoms with van der Waals surface area (Å²) in [6.07, 6.45) is 0.835. The van der Waals surface area contributed by atoms with Crippen molar-refractivity contribution in [2.45, 2.75) is 53.0 Å². The molecule has 0 unspecified atom stereocenters. The van der Waals surface area contributed by atoms with Gasteiger partial charge in [0.25, 0.3) is 0 Å². The van der Waals surface area contributed by atoms with Crippen LogP contribution in [0.4, 0.5) is 5.69 Å². The number of anilines is 1. The van der Waals surface area contributed by atoms with Crippen LogP contribution >= 0.6 is 0 Å². The van der Waals surface area contributed by atoms with Crippen LogP contribution in [0, 0.1) is 0 Å². The van der Waals surface area contributed by atoms with Gasteiger partial charge in [-0.3, -0.25) is 0 Å². The van der Waals surface area contributed by atoms with E-state index in [1.807, 2.05) is 34.6 Å². The Hall–Kier alpha value is -3.09. The molecule has 0 atom stereocenters. The minimum Gasteiger partial charge on any atom is -0.508 e. The predicted octanol–water partition coefficient (Wildman–Crippen LogP) is 4.25. The lowest BCUT2D eigenvalue weighted by Crippen LogP contribution is -2.38. The van der Waals surface area contributed by atoms with E-state index in [0.717, 1.165) is 6.42 Å². The van der Waals surface area contributed by atoms with E-state index in [-0.39, 0.29) is 29.2 Å². The molecule has 7 nitrogen and oxygen atoms in total. The molecule has 5 N–H and O–H groups in total. The summed E-state index contributed by atoms with van der Waals surface area (Å²) in [4.78, 5) is 1.81. The van der Waals surface area contributed by atoms with Crippen molar-refractivity contribution >= 4 is 11.5 Å². The molecule has 0 aliphatic heterocycles. The van der Waals surface area contributed by atoms with Gasteiger partial charge in [-0.05, 0) is 49.9 Å². The fraction of sp³-hybridized carbons (Fsp3) is 0.409. The van der Waals surface area contributed by atoms with Gasteiger partial charge in [-0.1, -0.05) is 20.8 Å². The van der Waals surface area contributed by atoms with Gasteiger partial charge >= 0.3 is 0 Å². The lowest BCUT2D eigenvalue weighted by molar-refractivity contribution is 0.299. The second-order valence-corrected chi connectivity index (χ2v) is 7.50. The summed E-state index contributed by atoms with van der Waals surface area (Å²) in [5.41, 5.74) is 1.71. The normalized spacial score (nSPS) is 11.9. The Morgan fingerprint density at radius 3 is 2.24 bits per heavy atom. The number of ether oxygens (including phenoxy) is 1. The molecule has 0 heterocycles. The van der Waals surface area contributed by atoms with Crippen LogP contribution < -0.4 is 15.5 Å². The number of nitrogens with two attached hydrogens (primary N) is 1. The van der Waals surface area contributed by atoms with Crippen molar-refractivity contribution in [3.05, 3.63) is 41.5 Å². The summed E-state index contributed by atoms with van der Waals surface area (Å²) in [5, 5.41) is 34.9. The number of hydrogen-bond acceptors (Lipinski definition) is 6. The van der Waals surface area contributed by atoms with Crippen LogP contribution in [-0.2, 0) is 0 Å². The lowest BCUT2D eigenvalue weighted by Gasteiger charge is -2.30. The van der Waals surface area contributed by atoms with Crippen molar-refractivity contribution in [2.75, 3.05) is 11.5 Å². The summed E-state index contributed by atoms with van der Waals surface area (Å²) in [7, 11) is 0. The van der Waals surface area contributed by atoms with Crippen molar-refractivity contribution in [2.24, 2.45) is 10.9 Å². The first-order chi connectivity index (χ1) is 13.7. The lowest BCUT2D eigenvalue weighted by atomic mass is 9.97. The molecule has 0 aliphatic carbocycles. The SMILES string of the molecule is CCCOc1ccc(N(/C(=N\N)c2cc(C(C)C)c(O)cc2O)C(C)C)cc1O. The van der Waals surface area contributed by atoms with Crippen LogP contribution in [0.15, 0.2) is 35.4 Å². The Kier molecular flexibility index (Phi) is 7.20. The highest BCUT2D eigenvalue weighted by Crippen LogP contribution is 2.36. The number of phenols is 3. The number of nitrogens with zero attached hydrogens (tertiary/aromatic N) is 2. The van der Waals surface area contributed by atoms with E-state index in [4.69, 9.17) is 10.6 Å². The molecule has 0 aromatic heterocycles. The first kappa shape index (κ1) is 22.2. The third kappa shape index (κ3) is 4.85. The van der Waals surface area contributed by atoms with Crippen molar-refractivity contribution < 1.29 is 20.1 Å². The molecule has 0 saturated heterocycles. The molecule has 7 heteroatoms. The van der Waals surface area contributed by atoms with Crippen LogP contribution in [0.25, 0.3) is 0 Å². The van der Waals surface area contributed by atoms with Crippen molar-refractivity contribution in [3.8, 4) is 23.0 Å². The highest BCUT2D eigenvalue weighted by molar-refractivity contribution is 6.12. The van der Waals surface area contributed by atoms with Crippen LogP contribution in [0.1, 0.15) is 58.1 Å². The van der Waals surface area contributed by atoms with Crippen LogP contribution in [-0.4, -0.2) is 33.8 Å². The number of aromatic hydroxyl groups is 3. The molecule has 0 saturated carbocycles. The molecule has 0 aliphatic rings. The standard InChI is InChI=1S/C22H31N3O4/c1-6-9-29-21-8-7-15(10-20(21)28)25(14(4)5)22(24-23)17-11-16(13(2)3)18(26)12-19(17)27/h7-8,10-14,26-28H,6,9,23H2,1-5H3/b24-22-. The maximum atomic E-state index is 10.5. The summed E-state index contributed by atoms with van der Waals surface area (Å²) >= 11 is 0. The zero-order chi connectivity index (χ0) is 21.7. The van der Waals surface area contributed by atoms with E-state index in [0.29, 0.717) is 35.0 Å². The van der Waals surface area contributed by atoms with Gasteiger partial charge in [-0.2, -0.15) is 5.10 Å². The van der Waals surface area contributed by atoms with Crippen molar-refractivity contribution in [3.63, 3.8) is 0 Å². The molecule has 2 aromatic rings. The topological polar surface area (TPSA) is 112 Å². The molecule has 2 rings (SSSR count). The summed E-state index contributed by atoms with van der Waals surface area (Å²) in [6.45, 7) is 10.3. The second-order valence-electron chi connectivity index (χ2n) is 7.50. The Labute approximate surface area is 172 Å². The van der Waals surface area contributed by atoms with E-state index in [2.05, 4.69) is 5.10 Å². The first-order valence-corrected chi connectivity index (χ1v) is 9.80. The average Bonchev–Trinajstić information content (AvgIpc) is 2.65. The zero-order valence-corrected chi connectivity index (χ0v) is 17.7. The molecular formula is C22H31N3O4. The second kappa shape index (κ2) is 9.41. The van der Waals surface area contributed by atoms with Gasteiger partial charge in [0.15, 0.2) is 17.3 Å². The maximum absolute atomic E-state index is 10.5. The fourth-order valence-corrected chi connectivity index (χ4v) is 3.15. The molecule has 0 radical (unpaired) electrons. The van der Waals surface area contributed by atoms with Gasteiger partial charge < -0.3 is 30.8 Å². The number of benzene rings is 2. The van der Waals surface area contributed by atoms with Crippen LogP contribution in [0.2, 0.25) is 0 Å². The highest BCUT2D eigenvalue weighted by atomic mass is 16.5. The van der Waals surface area contributed by atoms with Gasteiger partial charge in [0, 0.05) is 23.9 Å². The van der Waals surface area contributed by atoms with Gasteiger partial charge in [0.1, 0.15) is 11.5 Å². The largest absolute Gasteiger partial charge is 0.508 e. The number of hydrogen-bond donors (Lipinski definition) is 4. The minimum absolute atomic E-state index is 0.00997.